The molecular formula is C16H23BrN2O2. The van der Waals surface area contributed by atoms with E-state index in [0.29, 0.717) is 12.1 Å². The third-order valence-corrected chi connectivity index (χ3v) is 4.20. The summed E-state index contributed by atoms with van der Waals surface area (Å²) in [7, 11) is 1.85. The smallest absolute Gasteiger partial charge is 0.260 e. The van der Waals surface area contributed by atoms with Crippen molar-refractivity contribution in [2.24, 2.45) is 0 Å². The first-order chi connectivity index (χ1) is 9.99. The zero-order valence-electron chi connectivity index (χ0n) is 12.9. The summed E-state index contributed by atoms with van der Waals surface area (Å²) >= 11 is 3.50. The van der Waals surface area contributed by atoms with Gasteiger partial charge in [0.05, 0.1) is 4.47 Å². The van der Waals surface area contributed by atoms with Gasteiger partial charge in [-0.3, -0.25) is 4.79 Å². The van der Waals surface area contributed by atoms with Gasteiger partial charge in [-0.2, -0.15) is 0 Å². The van der Waals surface area contributed by atoms with E-state index in [0.717, 1.165) is 35.2 Å². The van der Waals surface area contributed by atoms with Crippen molar-refractivity contribution in [1.29, 1.82) is 0 Å². The van der Waals surface area contributed by atoms with E-state index in [1.807, 2.05) is 25.2 Å². The van der Waals surface area contributed by atoms with Crippen LogP contribution in [0.4, 0.5) is 0 Å². The van der Waals surface area contributed by atoms with Crippen LogP contribution >= 0.6 is 15.9 Å². The molecule has 0 spiro atoms. The molecule has 0 unspecified atom stereocenters. The first kappa shape index (κ1) is 16.3. The molecule has 0 saturated heterocycles. The highest BCUT2D eigenvalue weighted by atomic mass is 79.9. The Labute approximate surface area is 135 Å². The van der Waals surface area contributed by atoms with Crippen molar-refractivity contribution in [2.45, 2.75) is 45.3 Å². The number of ether oxygens (including phenoxy) is 1. The molecule has 1 aliphatic rings. The molecule has 1 aromatic rings. The van der Waals surface area contributed by atoms with E-state index in [1.54, 1.807) is 4.90 Å². The van der Waals surface area contributed by atoms with Crippen LogP contribution in [0.3, 0.4) is 0 Å². The van der Waals surface area contributed by atoms with Crippen LogP contribution in [0.1, 0.15) is 32.3 Å². The topological polar surface area (TPSA) is 41.6 Å². The number of halogens is 1. The van der Waals surface area contributed by atoms with Crippen LogP contribution in [0.15, 0.2) is 22.7 Å². The number of likely N-dealkylation sites (N-methyl/N-ethyl adjacent to an activating group) is 1. The van der Waals surface area contributed by atoms with Gasteiger partial charge < -0.3 is 15.0 Å². The molecule has 2 rings (SSSR count). The summed E-state index contributed by atoms with van der Waals surface area (Å²) in [6.07, 6.45) is 2.22. The first-order valence-corrected chi connectivity index (χ1v) is 8.17. The summed E-state index contributed by atoms with van der Waals surface area (Å²) in [5.41, 5.74) is 1.06. The van der Waals surface area contributed by atoms with Crippen molar-refractivity contribution < 1.29 is 9.53 Å². The fourth-order valence-electron chi connectivity index (χ4n) is 2.07. The summed E-state index contributed by atoms with van der Waals surface area (Å²) in [6, 6.07) is 6.75. The fourth-order valence-corrected chi connectivity index (χ4v) is 2.59. The Bertz CT molecular complexity index is 501. The molecule has 0 heterocycles. The lowest BCUT2D eigenvalue weighted by atomic mass is 10.2. The van der Waals surface area contributed by atoms with Gasteiger partial charge in [-0.25, -0.2) is 0 Å². The van der Waals surface area contributed by atoms with E-state index >= 15 is 0 Å². The molecule has 1 aromatic carbocycles. The maximum atomic E-state index is 12.1. The molecule has 0 aliphatic heterocycles. The molecule has 21 heavy (non-hydrogen) atoms. The second-order valence-electron chi connectivity index (χ2n) is 5.79. The summed E-state index contributed by atoms with van der Waals surface area (Å²) in [4.78, 5) is 13.9. The number of para-hydroxylation sites is 1. The lowest BCUT2D eigenvalue weighted by Crippen LogP contribution is -2.33. The molecule has 1 aliphatic carbocycles. The molecular weight excluding hydrogens is 332 g/mol. The molecule has 0 atom stereocenters. The number of nitrogens with zero attached hydrogens (tertiary/aromatic N) is 1. The zero-order chi connectivity index (χ0) is 15.4. The van der Waals surface area contributed by atoms with E-state index in [-0.39, 0.29) is 12.5 Å². The summed E-state index contributed by atoms with van der Waals surface area (Å²) in [6.45, 7) is 5.02. The molecule has 5 heteroatoms. The largest absolute Gasteiger partial charge is 0.482 e. The SMILES string of the molecule is CC(C)NCc1cccc(Br)c1OCC(=O)N(C)C1CC1. The van der Waals surface area contributed by atoms with Gasteiger partial charge in [-0.1, -0.05) is 26.0 Å². The Morgan fingerprint density at radius 3 is 2.81 bits per heavy atom. The average Bonchev–Trinajstić information content (AvgIpc) is 3.27. The molecule has 116 valence electrons. The van der Waals surface area contributed by atoms with Gasteiger partial charge in [0.1, 0.15) is 5.75 Å². The predicted molar refractivity (Wildman–Crippen MR) is 87.4 cm³/mol. The van der Waals surface area contributed by atoms with Crippen LogP contribution in [0.5, 0.6) is 5.75 Å². The van der Waals surface area contributed by atoms with Gasteiger partial charge in [-0.05, 0) is 34.8 Å². The standard InChI is InChI=1S/C16H23BrN2O2/c1-11(2)18-9-12-5-4-6-14(17)16(12)21-10-15(20)19(3)13-7-8-13/h4-6,11,13,18H,7-10H2,1-3H3. The Morgan fingerprint density at radius 1 is 1.48 bits per heavy atom. The number of carbonyl (C=O) groups is 1. The lowest BCUT2D eigenvalue weighted by molar-refractivity contribution is -0.132. The Hall–Kier alpha value is -1.07. The van der Waals surface area contributed by atoms with E-state index in [2.05, 4.69) is 35.1 Å². The average molecular weight is 355 g/mol. The van der Waals surface area contributed by atoms with E-state index in [1.165, 1.54) is 0 Å². The highest BCUT2D eigenvalue weighted by Gasteiger charge is 2.29. The molecule has 1 saturated carbocycles. The lowest BCUT2D eigenvalue weighted by Gasteiger charge is -2.19. The Kier molecular flexibility index (Phi) is 5.65. The third kappa shape index (κ3) is 4.71. The van der Waals surface area contributed by atoms with Crippen molar-refractivity contribution in [3.8, 4) is 5.75 Å². The minimum Gasteiger partial charge on any atom is -0.482 e. The Balaban J connectivity index is 1.98. The van der Waals surface area contributed by atoms with Gasteiger partial charge in [0, 0.05) is 31.2 Å². The van der Waals surface area contributed by atoms with Crippen molar-refractivity contribution >= 4 is 21.8 Å². The van der Waals surface area contributed by atoms with Gasteiger partial charge >= 0.3 is 0 Å². The van der Waals surface area contributed by atoms with Crippen molar-refractivity contribution in [3.63, 3.8) is 0 Å². The highest BCUT2D eigenvalue weighted by molar-refractivity contribution is 9.10. The normalized spacial score (nSPS) is 14.3. The second-order valence-corrected chi connectivity index (χ2v) is 6.64. The fraction of sp³-hybridized carbons (Fsp3) is 0.562. The maximum absolute atomic E-state index is 12.1. The van der Waals surface area contributed by atoms with Crippen LogP contribution in [0.25, 0.3) is 0 Å². The zero-order valence-corrected chi connectivity index (χ0v) is 14.4. The van der Waals surface area contributed by atoms with E-state index in [4.69, 9.17) is 4.74 Å². The van der Waals surface area contributed by atoms with Crippen LogP contribution in [0.2, 0.25) is 0 Å². The number of nitrogens with one attached hydrogen (secondary N) is 1. The monoisotopic (exact) mass is 354 g/mol. The van der Waals surface area contributed by atoms with Crippen LogP contribution in [-0.4, -0.2) is 36.5 Å². The van der Waals surface area contributed by atoms with Crippen molar-refractivity contribution in [1.82, 2.24) is 10.2 Å². The Morgan fingerprint density at radius 2 is 2.19 bits per heavy atom. The van der Waals surface area contributed by atoms with Crippen molar-refractivity contribution in [2.75, 3.05) is 13.7 Å². The number of benzene rings is 1. The van der Waals surface area contributed by atoms with Gasteiger partial charge in [0.2, 0.25) is 0 Å². The highest BCUT2D eigenvalue weighted by Crippen LogP contribution is 2.30. The molecule has 0 radical (unpaired) electrons. The minimum absolute atomic E-state index is 0.0380. The van der Waals surface area contributed by atoms with Gasteiger partial charge in [0.25, 0.3) is 5.91 Å². The first-order valence-electron chi connectivity index (χ1n) is 7.38. The summed E-state index contributed by atoms with van der Waals surface area (Å²) < 4.78 is 6.66. The molecule has 1 N–H and O–H groups in total. The van der Waals surface area contributed by atoms with E-state index < -0.39 is 0 Å². The molecule has 1 amide bonds. The molecule has 1 fully saturated rings. The summed E-state index contributed by atoms with van der Waals surface area (Å²) in [5, 5.41) is 3.37. The molecule has 4 nitrogen and oxygen atoms in total. The van der Waals surface area contributed by atoms with Crippen LogP contribution in [0, 0.1) is 0 Å². The maximum Gasteiger partial charge on any atom is 0.260 e. The second kappa shape index (κ2) is 7.27. The molecule has 0 aromatic heterocycles. The predicted octanol–water partition coefficient (Wildman–Crippen LogP) is 2.95. The molecule has 0 bridgehead atoms. The number of carbonyl (C=O) groups excluding carboxylic acids is 1. The van der Waals surface area contributed by atoms with Crippen LogP contribution < -0.4 is 10.1 Å². The number of hydrogen-bond acceptors (Lipinski definition) is 3. The van der Waals surface area contributed by atoms with Gasteiger partial charge in [0.15, 0.2) is 6.61 Å². The number of hydrogen-bond donors (Lipinski definition) is 1. The van der Waals surface area contributed by atoms with Crippen molar-refractivity contribution in [3.05, 3.63) is 28.2 Å². The number of rotatable bonds is 7. The minimum atomic E-state index is 0.0380. The number of amides is 1. The van der Waals surface area contributed by atoms with Gasteiger partial charge in [-0.15, -0.1) is 0 Å². The van der Waals surface area contributed by atoms with Crippen LogP contribution in [-0.2, 0) is 11.3 Å². The third-order valence-electron chi connectivity index (χ3n) is 3.58. The quantitative estimate of drug-likeness (QED) is 0.818. The summed E-state index contributed by atoms with van der Waals surface area (Å²) in [5.74, 6) is 0.791. The van der Waals surface area contributed by atoms with E-state index in [9.17, 15) is 4.79 Å².